The average Bonchev–Trinajstić information content (AvgIpc) is 2.39. The summed E-state index contributed by atoms with van der Waals surface area (Å²) in [6, 6.07) is 5.11. The van der Waals surface area contributed by atoms with Gasteiger partial charge < -0.3 is 5.32 Å². The van der Waals surface area contributed by atoms with Crippen LogP contribution in [0.4, 0.5) is 4.39 Å². The van der Waals surface area contributed by atoms with Gasteiger partial charge in [0.05, 0.1) is 5.02 Å². The first kappa shape index (κ1) is 17.5. The van der Waals surface area contributed by atoms with Crippen LogP contribution in [0.3, 0.4) is 0 Å². The van der Waals surface area contributed by atoms with Gasteiger partial charge in [-0.3, -0.25) is 0 Å². The highest BCUT2D eigenvalue weighted by molar-refractivity contribution is 6.30. The van der Waals surface area contributed by atoms with Crippen molar-refractivity contribution in [1.82, 2.24) is 5.32 Å². The van der Waals surface area contributed by atoms with E-state index in [1.165, 1.54) is 31.7 Å². The van der Waals surface area contributed by atoms with Crippen molar-refractivity contribution in [3.05, 3.63) is 34.6 Å². The largest absolute Gasteiger partial charge is 0.310 e. The van der Waals surface area contributed by atoms with Gasteiger partial charge in [0.25, 0.3) is 0 Å². The number of halogens is 2. The minimum Gasteiger partial charge on any atom is -0.310 e. The molecule has 3 heteroatoms. The molecule has 0 aliphatic carbocycles. The molecule has 0 heterocycles. The first-order valence-electron chi connectivity index (χ1n) is 7.54. The van der Waals surface area contributed by atoms with Crippen molar-refractivity contribution in [3.8, 4) is 0 Å². The number of rotatable bonds is 8. The van der Waals surface area contributed by atoms with Gasteiger partial charge in [0.2, 0.25) is 0 Å². The molecule has 0 spiro atoms. The van der Waals surface area contributed by atoms with E-state index in [2.05, 4.69) is 33.0 Å². The van der Waals surface area contributed by atoms with E-state index in [0.29, 0.717) is 0 Å². The van der Waals surface area contributed by atoms with Crippen LogP contribution in [0.15, 0.2) is 18.2 Å². The van der Waals surface area contributed by atoms with Gasteiger partial charge in [0.15, 0.2) is 0 Å². The van der Waals surface area contributed by atoms with Crippen LogP contribution in [0.25, 0.3) is 0 Å². The Bertz CT molecular complexity index is 417. The van der Waals surface area contributed by atoms with Gasteiger partial charge in [-0.2, -0.15) is 0 Å². The molecule has 0 radical (unpaired) electrons. The molecule has 20 heavy (non-hydrogen) atoms. The second kappa shape index (κ2) is 7.99. The first-order chi connectivity index (χ1) is 9.35. The van der Waals surface area contributed by atoms with Crippen molar-refractivity contribution >= 4 is 11.6 Å². The molecule has 0 fully saturated rings. The van der Waals surface area contributed by atoms with Gasteiger partial charge >= 0.3 is 0 Å². The molecule has 114 valence electrons. The lowest BCUT2D eigenvalue weighted by Crippen LogP contribution is -2.31. The van der Waals surface area contributed by atoms with Crippen molar-refractivity contribution in [1.29, 1.82) is 0 Å². The highest BCUT2D eigenvalue weighted by atomic mass is 35.5. The van der Waals surface area contributed by atoms with Gasteiger partial charge in [-0.1, -0.05) is 57.7 Å². The van der Waals surface area contributed by atoms with Gasteiger partial charge in [-0.15, -0.1) is 0 Å². The Morgan fingerprint density at radius 1 is 1.30 bits per heavy atom. The topological polar surface area (TPSA) is 12.0 Å². The highest BCUT2D eigenvalue weighted by Gasteiger charge is 2.18. The number of hydrogen-bond acceptors (Lipinski definition) is 1. The van der Waals surface area contributed by atoms with E-state index in [9.17, 15) is 4.39 Å². The van der Waals surface area contributed by atoms with E-state index in [0.717, 1.165) is 12.1 Å². The maximum absolute atomic E-state index is 13.2. The minimum absolute atomic E-state index is 0.179. The lowest BCUT2D eigenvalue weighted by atomic mass is 9.86. The summed E-state index contributed by atoms with van der Waals surface area (Å²) in [6.07, 6.45) is 5.06. The normalized spacial score (nSPS) is 13.5. The third kappa shape index (κ3) is 5.80. The summed E-state index contributed by atoms with van der Waals surface area (Å²) in [4.78, 5) is 0. The molecular weight excluding hydrogens is 273 g/mol. The minimum atomic E-state index is -0.359. The quantitative estimate of drug-likeness (QED) is 0.604. The van der Waals surface area contributed by atoms with Gasteiger partial charge in [-0.25, -0.2) is 4.39 Å². The smallest absolute Gasteiger partial charge is 0.141 e. The predicted octanol–water partition coefficient (Wildman–Crippen LogP) is 5.74. The van der Waals surface area contributed by atoms with Crippen molar-refractivity contribution in [2.75, 3.05) is 6.54 Å². The fourth-order valence-corrected chi connectivity index (χ4v) is 2.46. The van der Waals surface area contributed by atoms with Crippen molar-refractivity contribution in [3.63, 3.8) is 0 Å². The third-order valence-electron chi connectivity index (χ3n) is 3.79. The second-order valence-corrected chi connectivity index (χ2v) is 6.80. The zero-order chi connectivity index (χ0) is 15.2. The molecule has 0 saturated heterocycles. The molecule has 0 aliphatic heterocycles. The number of hydrogen-bond donors (Lipinski definition) is 1. The Labute approximate surface area is 127 Å². The van der Waals surface area contributed by atoms with Crippen molar-refractivity contribution in [2.24, 2.45) is 5.41 Å². The predicted molar refractivity (Wildman–Crippen MR) is 85.8 cm³/mol. The first-order valence-corrected chi connectivity index (χ1v) is 7.92. The number of unbranched alkanes of at least 4 members (excludes halogenated alkanes) is 2. The molecular formula is C17H27ClFN. The Hall–Kier alpha value is -0.600. The average molecular weight is 300 g/mol. The molecule has 1 rings (SSSR count). The summed E-state index contributed by atoms with van der Waals surface area (Å²) in [6.45, 7) is 9.85. The van der Waals surface area contributed by atoms with Crippen LogP contribution >= 0.6 is 11.6 Å². The molecule has 1 aromatic rings. The Morgan fingerprint density at radius 2 is 2.00 bits per heavy atom. The van der Waals surface area contributed by atoms with E-state index in [1.54, 1.807) is 12.1 Å². The SMILES string of the molecule is CCCCCC(C)(C)CNC(C)c1ccc(F)c(Cl)c1. The zero-order valence-electron chi connectivity index (χ0n) is 13.1. The van der Waals surface area contributed by atoms with Crippen LogP contribution in [0, 0.1) is 11.2 Å². The molecule has 0 aliphatic rings. The monoisotopic (exact) mass is 299 g/mol. The van der Waals surface area contributed by atoms with Gasteiger partial charge in [-0.05, 0) is 36.5 Å². The maximum Gasteiger partial charge on any atom is 0.141 e. The summed E-state index contributed by atoms with van der Waals surface area (Å²) in [5.74, 6) is -0.359. The van der Waals surface area contributed by atoms with Crippen LogP contribution in [0.1, 0.15) is 65.0 Å². The number of nitrogens with one attached hydrogen (secondary N) is 1. The highest BCUT2D eigenvalue weighted by Crippen LogP contribution is 2.25. The fraction of sp³-hybridized carbons (Fsp3) is 0.647. The molecule has 1 unspecified atom stereocenters. The van der Waals surface area contributed by atoms with Crippen molar-refractivity contribution in [2.45, 2.75) is 59.4 Å². The lowest BCUT2D eigenvalue weighted by molar-refractivity contribution is 0.291. The summed E-state index contributed by atoms with van der Waals surface area (Å²) >= 11 is 5.83. The van der Waals surface area contributed by atoms with Crippen LogP contribution in [-0.4, -0.2) is 6.54 Å². The Kier molecular flexibility index (Phi) is 6.97. The van der Waals surface area contributed by atoms with Gasteiger partial charge in [0.1, 0.15) is 5.82 Å². The van der Waals surface area contributed by atoms with Gasteiger partial charge in [0, 0.05) is 12.6 Å². The molecule has 0 saturated carbocycles. The standard InChI is InChI=1S/C17H27ClFN/c1-5-6-7-10-17(3,4)12-20-13(2)14-8-9-16(19)15(18)11-14/h8-9,11,13,20H,5-7,10,12H2,1-4H3. The lowest BCUT2D eigenvalue weighted by Gasteiger charge is -2.27. The van der Waals surface area contributed by atoms with E-state index in [4.69, 9.17) is 11.6 Å². The maximum atomic E-state index is 13.2. The summed E-state index contributed by atoms with van der Waals surface area (Å²) in [5.41, 5.74) is 1.31. The Balaban J connectivity index is 2.49. The van der Waals surface area contributed by atoms with E-state index in [1.807, 2.05) is 0 Å². The fourth-order valence-electron chi connectivity index (χ4n) is 2.27. The third-order valence-corrected chi connectivity index (χ3v) is 4.08. The molecule has 1 nitrogen and oxygen atoms in total. The van der Waals surface area contributed by atoms with E-state index >= 15 is 0 Å². The summed E-state index contributed by atoms with van der Waals surface area (Å²) in [7, 11) is 0. The molecule has 1 aromatic carbocycles. The second-order valence-electron chi connectivity index (χ2n) is 6.40. The van der Waals surface area contributed by atoms with Crippen LogP contribution in [0.5, 0.6) is 0 Å². The molecule has 0 amide bonds. The van der Waals surface area contributed by atoms with Crippen LogP contribution in [0.2, 0.25) is 5.02 Å². The molecule has 1 atom stereocenters. The molecule has 0 aromatic heterocycles. The molecule has 0 bridgehead atoms. The zero-order valence-corrected chi connectivity index (χ0v) is 13.9. The van der Waals surface area contributed by atoms with Crippen LogP contribution in [-0.2, 0) is 0 Å². The van der Waals surface area contributed by atoms with E-state index < -0.39 is 0 Å². The van der Waals surface area contributed by atoms with Crippen LogP contribution < -0.4 is 5.32 Å². The Morgan fingerprint density at radius 3 is 2.60 bits per heavy atom. The number of benzene rings is 1. The summed E-state index contributed by atoms with van der Waals surface area (Å²) < 4.78 is 13.2. The van der Waals surface area contributed by atoms with E-state index in [-0.39, 0.29) is 22.3 Å². The summed E-state index contributed by atoms with van der Waals surface area (Å²) in [5, 5.41) is 3.72. The van der Waals surface area contributed by atoms with Crippen molar-refractivity contribution < 1.29 is 4.39 Å². The molecule has 1 N–H and O–H groups in total.